The Kier molecular flexibility index (Phi) is 2.39. The lowest BCUT2D eigenvalue weighted by molar-refractivity contribution is -0.122. The zero-order valence-electron chi connectivity index (χ0n) is 8.95. The zero-order chi connectivity index (χ0) is 11.9. The summed E-state index contributed by atoms with van der Waals surface area (Å²) in [6.07, 6.45) is 0. The van der Waals surface area contributed by atoms with Gasteiger partial charge in [-0.1, -0.05) is 11.6 Å². The number of hydrogen-bond acceptors (Lipinski definition) is 2. The summed E-state index contributed by atoms with van der Waals surface area (Å²) in [5, 5.41) is 2.88. The Morgan fingerprint density at radius 1 is 1.19 bits per heavy atom. The Balaban J connectivity index is 2.44. The minimum absolute atomic E-state index is 0.299. The molecule has 1 saturated heterocycles. The Labute approximate surface area is 98.2 Å². The van der Waals surface area contributed by atoms with Crippen molar-refractivity contribution in [3.05, 3.63) is 29.3 Å². The number of carbonyl (C=O) groups is 2. The van der Waals surface area contributed by atoms with Crippen LogP contribution in [0, 0.1) is 0 Å². The average Bonchev–Trinajstić information content (AvgIpc) is 2.39. The lowest BCUT2D eigenvalue weighted by Gasteiger charge is -2.27. The van der Waals surface area contributed by atoms with Gasteiger partial charge in [-0.05, 0) is 38.1 Å². The molecule has 4 nitrogen and oxygen atoms in total. The first-order chi connectivity index (χ1) is 7.43. The van der Waals surface area contributed by atoms with Gasteiger partial charge in [-0.15, -0.1) is 0 Å². The minimum atomic E-state index is -0.870. The molecule has 1 aliphatic heterocycles. The van der Waals surface area contributed by atoms with Crippen molar-refractivity contribution in [3.8, 4) is 0 Å². The molecule has 1 aliphatic rings. The van der Waals surface area contributed by atoms with Crippen LogP contribution in [0.3, 0.4) is 0 Å². The summed E-state index contributed by atoms with van der Waals surface area (Å²) in [7, 11) is 0. The molecule has 5 heteroatoms. The molecule has 3 amide bonds. The first-order valence-electron chi connectivity index (χ1n) is 4.84. The highest BCUT2D eigenvalue weighted by atomic mass is 35.5. The smallest absolute Gasteiger partial charge is 0.279 e. The van der Waals surface area contributed by atoms with Gasteiger partial charge in [0.25, 0.3) is 5.91 Å². The Hall–Kier alpha value is -1.55. The summed E-state index contributed by atoms with van der Waals surface area (Å²) < 4.78 is 0. The van der Waals surface area contributed by atoms with E-state index >= 15 is 0 Å². The van der Waals surface area contributed by atoms with E-state index in [-0.39, 0.29) is 5.91 Å². The van der Waals surface area contributed by atoms with Crippen molar-refractivity contribution in [2.75, 3.05) is 4.90 Å². The van der Waals surface area contributed by atoms with E-state index in [2.05, 4.69) is 5.32 Å². The number of nitrogens with zero attached hydrogens (tertiary/aromatic N) is 1. The molecule has 84 valence electrons. The van der Waals surface area contributed by atoms with Crippen LogP contribution >= 0.6 is 11.6 Å². The van der Waals surface area contributed by atoms with E-state index in [1.165, 1.54) is 4.90 Å². The second kappa shape index (κ2) is 3.49. The number of nitrogens with one attached hydrogen (secondary N) is 1. The van der Waals surface area contributed by atoms with Crippen molar-refractivity contribution >= 4 is 29.2 Å². The van der Waals surface area contributed by atoms with Crippen molar-refractivity contribution < 1.29 is 9.59 Å². The molecule has 0 atom stereocenters. The third-order valence-corrected chi connectivity index (χ3v) is 2.88. The number of urea groups is 1. The maximum absolute atomic E-state index is 11.6. The average molecular weight is 239 g/mol. The lowest BCUT2D eigenvalue weighted by Crippen LogP contribution is -2.44. The number of halogens is 1. The molecule has 1 heterocycles. The largest absolute Gasteiger partial charge is 0.329 e. The predicted octanol–water partition coefficient (Wildman–Crippen LogP) is 2.17. The van der Waals surface area contributed by atoms with Crippen LogP contribution in [0.25, 0.3) is 0 Å². The van der Waals surface area contributed by atoms with E-state index in [0.717, 1.165) is 0 Å². The van der Waals surface area contributed by atoms with Gasteiger partial charge >= 0.3 is 6.03 Å². The van der Waals surface area contributed by atoms with Crippen LogP contribution < -0.4 is 10.2 Å². The summed E-state index contributed by atoms with van der Waals surface area (Å²) in [5.41, 5.74) is -0.219. The fourth-order valence-corrected chi connectivity index (χ4v) is 1.82. The summed E-state index contributed by atoms with van der Waals surface area (Å²) in [6.45, 7) is 3.39. The van der Waals surface area contributed by atoms with E-state index in [0.29, 0.717) is 10.7 Å². The van der Waals surface area contributed by atoms with Gasteiger partial charge in [0, 0.05) is 10.7 Å². The van der Waals surface area contributed by atoms with Crippen LogP contribution in [0.2, 0.25) is 5.02 Å². The quantitative estimate of drug-likeness (QED) is 0.763. The fraction of sp³-hybridized carbons (Fsp3) is 0.273. The number of rotatable bonds is 1. The van der Waals surface area contributed by atoms with Crippen molar-refractivity contribution in [1.82, 2.24) is 5.32 Å². The lowest BCUT2D eigenvalue weighted by atomic mass is 10.0. The molecule has 0 aliphatic carbocycles. The third kappa shape index (κ3) is 1.55. The molecule has 1 fully saturated rings. The molecule has 0 spiro atoms. The van der Waals surface area contributed by atoms with Crippen molar-refractivity contribution in [2.24, 2.45) is 0 Å². The molecule has 0 unspecified atom stereocenters. The van der Waals surface area contributed by atoms with Crippen molar-refractivity contribution in [2.45, 2.75) is 19.4 Å². The van der Waals surface area contributed by atoms with Crippen LogP contribution in [0.15, 0.2) is 24.3 Å². The third-order valence-electron chi connectivity index (χ3n) is 2.62. The van der Waals surface area contributed by atoms with Gasteiger partial charge in [0.2, 0.25) is 0 Å². The normalized spacial score (nSPS) is 18.8. The van der Waals surface area contributed by atoms with Crippen LogP contribution in [-0.4, -0.2) is 17.5 Å². The number of hydrogen-bond donors (Lipinski definition) is 1. The van der Waals surface area contributed by atoms with Gasteiger partial charge in [0.05, 0.1) is 0 Å². The minimum Gasteiger partial charge on any atom is -0.279 e. The number of benzene rings is 1. The number of amides is 3. The number of carbonyl (C=O) groups excluding carboxylic acids is 2. The van der Waals surface area contributed by atoms with Gasteiger partial charge in [-0.25, -0.2) is 4.79 Å². The molecule has 2 rings (SSSR count). The van der Waals surface area contributed by atoms with E-state index in [1.54, 1.807) is 38.1 Å². The first-order valence-corrected chi connectivity index (χ1v) is 5.22. The summed E-state index contributed by atoms with van der Waals surface area (Å²) in [6, 6.07) is 6.38. The highest BCUT2D eigenvalue weighted by molar-refractivity contribution is 6.30. The van der Waals surface area contributed by atoms with E-state index in [4.69, 9.17) is 11.6 Å². The summed E-state index contributed by atoms with van der Waals surface area (Å²) in [4.78, 5) is 24.6. The van der Waals surface area contributed by atoms with Crippen LogP contribution in [0.4, 0.5) is 10.5 Å². The zero-order valence-corrected chi connectivity index (χ0v) is 9.71. The molecule has 0 saturated carbocycles. The molecule has 1 aromatic carbocycles. The van der Waals surface area contributed by atoms with Gasteiger partial charge in [0.15, 0.2) is 0 Å². The van der Waals surface area contributed by atoms with Gasteiger partial charge in [-0.2, -0.15) is 0 Å². The maximum atomic E-state index is 11.6. The molecular formula is C11H11ClN2O2. The fourth-order valence-electron chi connectivity index (χ4n) is 1.69. The van der Waals surface area contributed by atoms with E-state index < -0.39 is 11.6 Å². The Morgan fingerprint density at radius 3 is 2.19 bits per heavy atom. The topological polar surface area (TPSA) is 49.4 Å². The highest BCUT2D eigenvalue weighted by Gasteiger charge is 2.46. The predicted molar refractivity (Wildman–Crippen MR) is 61.5 cm³/mol. The molecule has 0 bridgehead atoms. The molecule has 0 aromatic heterocycles. The molecule has 1 N–H and O–H groups in total. The maximum Gasteiger partial charge on any atom is 0.329 e. The number of imide groups is 1. The Bertz CT molecular complexity index is 454. The van der Waals surface area contributed by atoms with Gasteiger partial charge in [-0.3, -0.25) is 15.0 Å². The molecule has 16 heavy (non-hydrogen) atoms. The van der Waals surface area contributed by atoms with Crippen LogP contribution in [0.1, 0.15) is 13.8 Å². The number of anilines is 1. The van der Waals surface area contributed by atoms with Crippen LogP contribution in [-0.2, 0) is 4.79 Å². The monoisotopic (exact) mass is 238 g/mol. The van der Waals surface area contributed by atoms with Gasteiger partial charge in [0.1, 0.15) is 5.54 Å². The SMILES string of the molecule is CC1(C)C(=O)NC(=O)N1c1ccc(Cl)cc1. The molecular weight excluding hydrogens is 228 g/mol. The highest BCUT2D eigenvalue weighted by Crippen LogP contribution is 2.29. The summed E-state index contributed by atoms with van der Waals surface area (Å²) in [5.74, 6) is -0.299. The Morgan fingerprint density at radius 2 is 1.75 bits per heavy atom. The van der Waals surface area contributed by atoms with Crippen molar-refractivity contribution in [3.63, 3.8) is 0 Å². The standard InChI is InChI=1S/C11H11ClN2O2/c1-11(2)9(15)13-10(16)14(11)8-5-3-7(12)4-6-8/h3-6H,1-2H3,(H,13,15,16). The second-order valence-corrected chi connectivity index (χ2v) is 4.57. The van der Waals surface area contributed by atoms with E-state index in [9.17, 15) is 9.59 Å². The molecule has 0 radical (unpaired) electrons. The van der Waals surface area contributed by atoms with Gasteiger partial charge < -0.3 is 0 Å². The van der Waals surface area contributed by atoms with Crippen LogP contribution in [0.5, 0.6) is 0 Å². The second-order valence-electron chi connectivity index (χ2n) is 4.13. The molecule has 1 aromatic rings. The van der Waals surface area contributed by atoms with Crippen molar-refractivity contribution in [1.29, 1.82) is 0 Å². The summed E-state index contributed by atoms with van der Waals surface area (Å²) >= 11 is 5.77. The van der Waals surface area contributed by atoms with E-state index in [1.807, 2.05) is 0 Å². The first kappa shape index (κ1) is 11.0.